The van der Waals surface area contributed by atoms with Crippen molar-refractivity contribution in [3.8, 4) is 0 Å². The van der Waals surface area contributed by atoms with E-state index in [1.165, 1.54) is 0 Å². The predicted molar refractivity (Wildman–Crippen MR) is 141 cm³/mol. The molecule has 34 heavy (non-hydrogen) atoms. The average molecular weight is 479 g/mol. The SMILES string of the molecule is C=C/C=C(/Cl)N=CCc1cc(C(=O)NCc2c(C)cc(C)[nH]c2=O)c2c(C)cn(C(C)C)c2c1. The van der Waals surface area contributed by atoms with Crippen molar-refractivity contribution < 1.29 is 4.79 Å². The van der Waals surface area contributed by atoms with Gasteiger partial charge in [-0.15, -0.1) is 0 Å². The largest absolute Gasteiger partial charge is 0.348 e. The predicted octanol–water partition coefficient (Wildman–Crippen LogP) is 5.65. The number of hydrogen-bond donors (Lipinski definition) is 2. The molecule has 1 amide bonds. The van der Waals surface area contributed by atoms with E-state index in [0.717, 1.165) is 33.3 Å². The minimum Gasteiger partial charge on any atom is -0.348 e. The summed E-state index contributed by atoms with van der Waals surface area (Å²) < 4.78 is 2.17. The molecule has 0 radical (unpaired) electrons. The summed E-state index contributed by atoms with van der Waals surface area (Å²) in [5.74, 6) is -0.225. The average Bonchev–Trinajstić information content (AvgIpc) is 3.09. The first-order valence-electron chi connectivity index (χ1n) is 11.2. The summed E-state index contributed by atoms with van der Waals surface area (Å²) in [7, 11) is 0. The lowest BCUT2D eigenvalue weighted by molar-refractivity contribution is 0.0952. The van der Waals surface area contributed by atoms with E-state index in [-0.39, 0.29) is 24.1 Å². The molecule has 6 nitrogen and oxygen atoms in total. The minimum atomic E-state index is -0.225. The lowest BCUT2D eigenvalue weighted by Crippen LogP contribution is -2.28. The summed E-state index contributed by atoms with van der Waals surface area (Å²) in [6, 6.07) is 6.11. The molecule has 0 bridgehead atoms. The molecule has 0 aliphatic carbocycles. The number of hydrogen-bond acceptors (Lipinski definition) is 3. The van der Waals surface area contributed by atoms with Crippen molar-refractivity contribution in [1.29, 1.82) is 0 Å². The number of allylic oxidation sites excluding steroid dienone is 2. The number of carbonyl (C=O) groups excluding carboxylic acids is 1. The molecule has 3 aromatic rings. The fourth-order valence-electron chi connectivity index (χ4n) is 4.11. The number of benzene rings is 1. The van der Waals surface area contributed by atoms with Gasteiger partial charge >= 0.3 is 0 Å². The van der Waals surface area contributed by atoms with Crippen molar-refractivity contribution in [2.24, 2.45) is 4.99 Å². The van der Waals surface area contributed by atoms with Gasteiger partial charge in [-0.25, -0.2) is 4.99 Å². The van der Waals surface area contributed by atoms with Crippen LogP contribution in [0.15, 0.2) is 58.1 Å². The second kappa shape index (κ2) is 10.7. The van der Waals surface area contributed by atoms with Crippen LogP contribution in [-0.4, -0.2) is 21.7 Å². The number of fused-ring (bicyclic) bond motifs is 1. The van der Waals surface area contributed by atoms with Gasteiger partial charge in [0.2, 0.25) is 0 Å². The molecule has 0 saturated carbocycles. The van der Waals surface area contributed by atoms with Crippen LogP contribution in [0.5, 0.6) is 0 Å². The van der Waals surface area contributed by atoms with Crippen LogP contribution in [0.1, 0.15) is 58.2 Å². The molecule has 3 rings (SSSR count). The van der Waals surface area contributed by atoms with Crippen molar-refractivity contribution in [1.82, 2.24) is 14.9 Å². The third kappa shape index (κ3) is 5.57. The van der Waals surface area contributed by atoms with E-state index in [2.05, 4.69) is 52.5 Å². The Bertz CT molecular complexity index is 1360. The molecule has 0 aliphatic heterocycles. The number of nitrogens with zero attached hydrogens (tertiary/aromatic N) is 2. The number of aliphatic imine (C=N–C) groups is 1. The first-order chi connectivity index (χ1) is 16.1. The zero-order valence-electron chi connectivity index (χ0n) is 20.3. The number of carbonyl (C=O) groups is 1. The molecule has 2 aromatic heterocycles. The van der Waals surface area contributed by atoms with Crippen molar-refractivity contribution in [2.45, 2.75) is 53.6 Å². The van der Waals surface area contributed by atoms with Gasteiger partial charge in [0.1, 0.15) is 5.16 Å². The summed E-state index contributed by atoms with van der Waals surface area (Å²) in [6.45, 7) is 13.7. The molecule has 2 heterocycles. The fraction of sp³-hybridized carbons (Fsp3) is 0.296. The Hall–Kier alpha value is -3.38. The number of rotatable bonds is 8. The topological polar surface area (TPSA) is 79.2 Å². The summed E-state index contributed by atoms with van der Waals surface area (Å²) in [5.41, 5.74) is 5.54. The van der Waals surface area contributed by atoms with E-state index >= 15 is 0 Å². The molecular weight excluding hydrogens is 448 g/mol. The number of H-pyrrole nitrogens is 1. The van der Waals surface area contributed by atoms with Crippen molar-refractivity contribution in [2.75, 3.05) is 0 Å². The third-order valence-corrected chi connectivity index (χ3v) is 5.92. The first kappa shape index (κ1) is 25.2. The highest BCUT2D eigenvalue weighted by atomic mass is 35.5. The molecule has 0 aliphatic rings. The molecule has 0 saturated heterocycles. The highest BCUT2D eigenvalue weighted by Gasteiger charge is 2.18. The monoisotopic (exact) mass is 478 g/mol. The number of aryl methyl sites for hydroxylation is 3. The Balaban J connectivity index is 2.00. The van der Waals surface area contributed by atoms with E-state index < -0.39 is 0 Å². The van der Waals surface area contributed by atoms with Gasteiger partial charge in [0, 0.05) is 59.1 Å². The number of aromatic amines is 1. The van der Waals surface area contributed by atoms with Gasteiger partial charge in [-0.3, -0.25) is 9.59 Å². The maximum Gasteiger partial charge on any atom is 0.253 e. The van der Waals surface area contributed by atoms with Crippen LogP contribution in [0.4, 0.5) is 0 Å². The molecule has 1 aromatic carbocycles. The van der Waals surface area contributed by atoms with E-state index in [1.54, 1.807) is 18.4 Å². The highest BCUT2D eigenvalue weighted by Crippen LogP contribution is 2.29. The molecule has 0 fully saturated rings. The Morgan fingerprint density at radius 2 is 1.97 bits per heavy atom. The van der Waals surface area contributed by atoms with Crippen LogP contribution < -0.4 is 10.9 Å². The normalized spacial score (nSPS) is 12.1. The van der Waals surface area contributed by atoms with Crippen LogP contribution in [0.25, 0.3) is 10.9 Å². The van der Waals surface area contributed by atoms with Gasteiger partial charge in [-0.2, -0.15) is 0 Å². The molecule has 0 spiro atoms. The zero-order chi connectivity index (χ0) is 25.0. The van der Waals surface area contributed by atoms with E-state index in [0.29, 0.717) is 22.7 Å². The van der Waals surface area contributed by atoms with Crippen LogP contribution >= 0.6 is 11.6 Å². The number of pyridine rings is 1. The smallest absolute Gasteiger partial charge is 0.253 e. The number of amides is 1. The number of halogens is 1. The van der Waals surface area contributed by atoms with Gasteiger partial charge in [0.25, 0.3) is 11.5 Å². The Kier molecular flexibility index (Phi) is 7.94. The Morgan fingerprint density at radius 1 is 1.24 bits per heavy atom. The second-order valence-corrected chi connectivity index (χ2v) is 9.10. The molecule has 178 valence electrons. The second-order valence-electron chi connectivity index (χ2n) is 8.72. The van der Waals surface area contributed by atoms with Gasteiger partial charge < -0.3 is 14.9 Å². The maximum atomic E-state index is 13.4. The summed E-state index contributed by atoms with van der Waals surface area (Å²) in [4.78, 5) is 32.8. The number of aromatic nitrogens is 2. The molecule has 2 N–H and O–H groups in total. The summed E-state index contributed by atoms with van der Waals surface area (Å²) >= 11 is 6.02. The van der Waals surface area contributed by atoms with Gasteiger partial charge in [-0.1, -0.05) is 24.3 Å². The number of nitrogens with one attached hydrogen (secondary N) is 2. The Morgan fingerprint density at radius 3 is 2.62 bits per heavy atom. The Labute approximate surface area is 205 Å². The highest BCUT2D eigenvalue weighted by molar-refractivity contribution is 6.29. The lowest BCUT2D eigenvalue weighted by Gasteiger charge is -2.13. The fourth-order valence-corrected chi connectivity index (χ4v) is 4.27. The third-order valence-electron chi connectivity index (χ3n) is 5.70. The quantitative estimate of drug-likeness (QED) is 0.249. The van der Waals surface area contributed by atoms with E-state index in [1.807, 2.05) is 32.9 Å². The van der Waals surface area contributed by atoms with Crippen LogP contribution in [-0.2, 0) is 13.0 Å². The molecular formula is C27H31ClN4O2. The van der Waals surface area contributed by atoms with Crippen LogP contribution in [0.3, 0.4) is 0 Å². The van der Waals surface area contributed by atoms with Gasteiger partial charge in [-0.05, 0) is 75.6 Å². The lowest BCUT2D eigenvalue weighted by atomic mass is 10.0. The van der Waals surface area contributed by atoms with Crippen LogP contribution in [0, 0.1) is 20.8 Å². The van der Waals surface area contributed by atoms with Crippen molar-refractivity contribution in [3.05, 3.63) is 92.1 Å². The maximum absolute atomic E-state index is 13.4. The van der Waals surface area contributed by atoms with E-state index in [4.69, 9.17) is 11.6 Å². The van der Waals surface area contributed by atoms with E-state index in [9.17, 15) is 9.59 Å². The summed E-state index contributed by atoms with van der Waals surface area (Å²) in [6.07, 6.45) is 7.49. The van der Waals surface area contributed by atoms with Crippen molar-refractivity contribution >= 4 is 34.6 Å². The van der Waals surface area contributed by atoms with Crippen molar-refractivity contribution in [3.63, 3.8) is 0 Å². The van der Waals surface area contributed by atoms with Gasteiger partial charge in [0.15, 0.2) is 0 Å². The molecule has 0 unspecified atom stereocenters. The first-order valence-corrected chi connectivity index (χ1v) is 11.6. The molecule has 7 heteroatoms. The van der Waals surface area contributed by atoms with Gasteiger partial charge in [0.05, 0.1) is 0 Å². The van der Waals surface area contributed by atoms with Crippen LogP contribution in [0.2, 0.25) is 0 Å². The minimum absolute atomic E-state index is 0.152. The molecule has 0 atom stereocenters. The standard InChI is InChI=1S/C27H31ClN4O2/c1-7-8-24(28)29-10-9-20-12-21(25-18(5)15-32(16(2)3)23(25)13-20)26(33)30-14-22-17(4)11-19(6)31-27(22)34/h7-8,10-13,15-16H,1,9,14H2,2-6H3,(H,30,33)(H,31,34)/b24-8-,29-10?. The summed E-state index contributed by atoms with van der Waals surface area (Å²) in [5, 5.41) is 4.20. The zero-order valence-corrected chi connectivity index (χ0v) is 21.1.